The first-order valence-corrected chi connectivity index (χ1v) is 6.04. The zero-order valence-corrected chi connectivity index (χ0v) is 10.1. The zero-order chi connectivity index (χ0) is 13.1. The maximum absolute atomic E-state index is 13.7. The van der Waals surface area contributed by atoms with Gasteiger partial charge in [0.25, 0.3) is 0 Å². The number of rotatable bonds is 3. The first-order valence-electron chi connectivity index (χ1n) is 5.22. The summed E-state index contributed by atoms with van der Waals surface area (Å²) >= 11 is 0.721. The van der Waals surface area contributed by atoms with Crippen LogP contribution in [0.1, 0.15) is 5.56 Å². The monoisotopic (exact) mass is 269 g/mol. The van der Waals surface area contributed by atoms with Crippen LogP contribution >= 0.6 is 11.8 Å². The molecule has 0 aromatic heterocycles. The normalized spacial score (nSPS) is 10.7. The molecule has 0 unspecified atom stereocenters. The molecule has 0 saturated carbocycles. The summed E-state index contributed by atoms with van der Waals surface area (Å²) < 4.78 is 40.8. The van der Waals surface area contributed by atoms with E-state index < -0.39 is 17.5 Å². The van der Waals surface area contributed by atoms with Crippen LogP contribution in [0.5, 0.6) is 0 Å². The van der Waals surface area contributed by atoms with Gasteiger partial charge in [0.15, 0.2) is 0 Å². The molecule has 0 bridgehead atoms. The Morgan fingerprint density at radius 3 is 2.11 bits per heavy atom. The van der Waals surface area contributed by atoms with Gasteiger partial charge in [-0.2, -0.15) is 0 Å². The second kappa shape index (κ2) is 5.46. The van der Waals surface area contributed by atoms with Gasteiger partial charge in [-0.3, -0.25) is 0 Å². The smallest absolute Gasteiger partial charge is 0.140 e. The Kier molecular flexibility index (Phi) is 3.93. The summed E-state index contributed by atoms with van der Waals surface area (Å²) in [7, 11) is 0. The predicted octanol–water partition coefficient (Wildman–Crippen LogP) is 3.71. The molecule has 2 N–H and O–H groups in total. The van der Waals surface area contributed by atoms with E-state index in [0.717, 1.165) is 23.9 Å². The quantitative estimate of drug-likeness (QED) is 0.919. The van der Waals surface area contributed by atoms with E-state index >= 15 is 0 Å². The van der Waals surface area contributed by atoms with E-state index in [1.807, 2.05) is 0 Å². The average Bonchev–Trinajstić information content (AvgIpc) is 2.35. The Bertz CT molecular complexity index is 549. The number of benzene rings is 2. The van der Waals surface area contributed by atoms with E-state index in [2.05, 4.69) is 0 Å². The van der Waals surface area contributed by atoms with Gasteiger partial charge in [0, 0.05) is 11.4 Å². The summed E-state index contributed by atoms with van der Waals surface area (Å²) in [5.74, 6) is -1.98. The molecule has 0 radical (unpaired) electrons. The lowest BCUT2D eigenvalue weighted by Gasteiger charge is -2.07. The van der Waals surface area contributed by atoms with Crippen LogP contribution in [-0.2, 0) is 6.54 Å². The molecular weight excluding hydrogens is 259 g/mol. The Morgan fingerprint density at radius 1 is 0.944 bits per heavy atom. The fourth-order valence-electron chi connectivity index (χ4n) is 1.47. The van der Waals surface area contributed by atoms with E-state index in [4.69, 9.17) is 5.73 Å². The van der Waals surface area contributed by atoms with Crippen molar-refractivity contribution in [1.29, 1.82) is 0 Å². The molecule has 2 rings (SSSR count). The second-order valence-corrected chi connectivity index (χ2v) is 4.68. The van der Waals surface area contributed by atoms with Crippen LogP contribution in [0.15, 0.2) is 46.2 Å². The number of hydrogen-bond donors (Lipinski definition) is 1. The predicted molar refractivity (Wildman–Crippen MR) is 64.8 cm³/mol. The largest absolute Gasteiger partial charge is 0.326 e. The highest BCUT2D eigenvalue weighted by Crippen LogP contribution is 2.34. The van der Waals surface area contributed by atoms with Gasteiger partial charge >= 0.3 is 0 Å². The van der Waals surface area contributed by atoms with Gasteiger partial charge in [0.05, 0.1) is 4.90 Å². The third kappa shape index (κ3) is 2.68. The third-order valence-electron chi connectivity index (χ3n) is 2.34. The van der Waals surface area contributed by atoms with E-state index in [9.17, 15) is 13.2 Å². The summed E-state index contributed by atoms with van der Waals surface area (Å²) in [5.41, 5.74) is 5.68. The van der Waals surface area contributed by atoms with E-state index in [1.54, 1.807) is 6.07 Å². The minimum absolute atomic E-state index is 0.0541. The molecule has 94 valence electrons. The van der Waals surface area contributed by atoms with Crippen LogP contribution in [0, 0.1) is 17.5 Å². The lowest BCUT2D eigenvalue weighted by molar-refractivity contribution is 0.536. The fourth-order valence-corrected chi connectivity index (χ4v) is 2.31. The molecule has 0 aliphatic heterocycles. The molecular formula is C13H10F3NS. The summed E-state index contributed by atoms with van der Waals surface area (Å²) in [6, 6.07) is 8.15. The Morgan fingerprint density at radius 2 is 1.56 bits per heavy atom. The highest BCUT2D eigenvalue weighted by Gasteiger charge is 2.14. The summed E-state index contributed by atoms with van der Waals surface area (Å²) in [5, 5.41) is 0. The number of nitrogens with two attached hydrogens (primary N) is 1. The fraction of sp³-hybridized carbons (Fsp3) is 0.0769. The lowest BCUT2D eigenvalue weighted by atomic mass is 10.2. The van der Waals surface area contributed by atoms with Gasteiger partial charge in [0.1, 0.15) is 17.5 Å². The van der Waals surface area contributed by atoms with E-state index in [0.29, 0.717) is 5.56 Å². The van der Waals surface area contributed by atoms with Crippen molar-refractivity contribution < 1.29 is 13.2 Å². The molecule has 2 aromatic carbocycles. The molecule has 5 heteroatoms. The van der Waals surface area contributed by atoms with Crippen LogP contribution in [-0.4, -0.2) is 0 Å². The number of hydrogen-bond acceptors (Lipinski definition) is 2. The Hall–Kier alpha value is -1.46. The minimum Gasteiger partial charge on any atom is -0.326 e. The molecule has 0 aliphatic rings. The number of halogens is 3. The average molecular weight is 269 g/mol. The van der Waals surface area contributed by atoms with Crippen molar-refractivity contribution in [2.45, 2.75) is 16.3 Å². The zero-order valence-electron chi connectivity index (χ0n) is 9.29. The van der Waals surface area contributed by atoms with Crippen LogP contribution < -0.4 is 5.73 Å². The topological polar surface area (TPSA) is 26.0 Å². The van der Waals surface area contributed by atoms with Gasteiger partial charge in [-0.15, -0.1) is 0 Å². The summed E-state index contributed by atoms with van der Waals surface area (Å²) in [6.07, 6.45) is 0. The molecule has 0 amide bonds. The van der Waals surface area contributed by atoms with Crippen molar-refractivity contribution in [1.82, 2.24) is 0 Å². The standard InChI is InChI=1S/C13H10F3NS/c14-9-3-1-2-4-12(9)18-13-10(15)5-8(7-17)6-11(13)16/h1-6H,7,17H2. The van der Waals surface area contributed by atoms with Crippen molar-refractivity contribution in [3.05, 3.63) is 59.4 Å². The van der Waals surface area contributed by atoms with Gasteiger partial charge in [-0.1, -0.05) is 23.9 Å². The summed E-state index contributed by atoms with van der Waals surface area (Å²) in [6.45, 7) is 0.0541. The van der Waals surface area contributed by atoms with E-state index in [1.165, 1.54) is 18.2 Å². The molecule has 0 aliphatic carbocycles. The lowest BCUT2D eigenvalue weighted by Crippen LogP contribution is -1.99. The molecule has 2 aromatic rings. The van der Waals surface area contributed by atoms with Crippen LogP contribution in [0.3, 0.4) is 0 Å². The van der Waals surface area contributed by atoms with Crippen LogP contribution in [0.4, 0.5) is 13.2 Å². The van der Waals surface area contributed by atoms with E-state index in [-0.39, 0.29) is 16.3 Å². The van der Waals surface area contributed by atoms with Crippen molar-refractivity contribution in [3.63, 3.8) is 0 Å². The molecule has 0 heterocycles. The molecule has 1 nitrogen and oxygen atoms in total. The molecule has 0 fully saturated rings. The second-order valence-electron chi connectivity index (χ2n) is 3.63. The van der Waals surface area contributed by atoms with Crippen molar-refractivity contribution in [3.8, 4) is 0 Å². The molecule has 18 heavy (non-hydrogen) atoms. The van der Waals surface area contributed by atoms with Crippen molar-refractivity contribution >= 4 is 11.8 Å². The van der Waals surface area contributed by atoms with Crippen molar-refractivity contribution in [2.24, 2.45) is 5.73 Å². The summed E-state index contributed by atoms with van der Waals surface area (Å²) in [4.78, 5) is -0.0481. The van der Waals surface area contributed by atoms with Crippen molar-refractivity contribution in [2.75, 3.05) is 0 Å². The molecule has 0 saturated heterocycles. The van der Waals surface area contributed by atoms with Gasteiger partial charge in [-0.25, -0.2) is 13.2 Å². The molecule has 0 spiro atoms. The van der Waals surface area contributed by atoms with Gasteiger partial charge < -0.3 is 5.73 Å². The highest BCUT2D eigenvalue weighted by atomic mass is 32.2. The first kappa shape index (κ1) is 13.0. The van der Waals surface area contributed by atoms with Crippen LogP contribution in [0.2, 0.25) is 0 Å². The highest BCUT2D eigenvalue weighted by molar-refractivity contribution is 7.99. The SMILES string of the molecule is NCc1cc(F)c(Sc2ccccc2F)c(F)c1. The van der Waals surface area contributed by atoms with Gasteiger partial charge in [0.2, 0.25) is 0 Å². The Labute approximate surface area is 107 Å². The molecule has 0 atom stereocenters. The maximum atomic E-state index is 13.7. The maximum Gasteiger partial charge on any atom is 0.140 e. The first-order chi connectivity index (χ1) is 8.61. The minimum atomic E-state index is -0.733. The Balaban J connectivity index is 2.38. The van der Waals surface area contributed by atoms with Crippen LogP contribution in [0.25, 0.3) is 0 Å². The van der Waals surface area contributed by atoms with Gasteiger partial charge in [-0.05, 0) is 29.8 Å². The third-order valence-corrected chi connectivity index (χ3v) is 3.49.